The molecule has 0 fully saturated rings. The van der Waals surface area contributed by atoms with Gasteiger partial charge in [0.2, 0.25) is 0 Å². The highest BCUT2D eigenvalue weighted by Gasteiger charge is 2.27. The Morgan fingerprint density at radius 2 is 1.94 bits per heavy atom. The van der Waals surface area contributed by atoms with E-state index in [0.29, 0.717) is 0 Å². The molecule has 0 saturated carbocycles. The molecule has 0 heterocycles. The number of sulfone groups is 1. The Bertz CT molecular complexity index is 287. The van der Waals surface area contributed by atoms with Crippen LogP contribution in [0.3, 0.4) is 0 Å². The van der Waals surface area contributed by atoms with Gasteiger partial charge in [-0.15, -0.1) is 0 Å². The van der Waals surface area contributed by atoms with Gasteiger partial charge in [-0.3, -0.25) is 0 Å². The molecule has 0 spiro atoms. The average Bonchev–Trinajstić information content (AvgIpc) is 1.98. The predicted octanol–water partition coefficient (Wildman–Crippen LogP) is 0.717. The molecule has 0 aliphatic rings. The molecular weight excluding hydrogens is 247 g/mol. The Labute approximate surface area is 92.9 Å². The third kappa shape index (κ3) is 10.2. The second-order valence-corrected chi connectivity index (χ2v) is 5.84. The summed E-state index contributed by atoms with van der Waals surface area (Å²) >= 11 is 0. The summed E-state index contributed by atoms with van der Waals surface area (Å²) in [5, 5.41) is 0. The SMILES string of the molecule is CC(N)CS(=O)(=O)CCCOCC(F)(F)F. The third-order valence-corrected chi connectivity index (χ3v) is 3.47. The summed E-state index contributed by atoms with van der Waals surface area (Å²) in [6.45, 7) is -0.0181. The van der Waals surface area contributed by atoms with E-state index in [1.54, 1.807) is 6.92 Å². The van der Waals surface area contributed by atoms with Crippen LogP contribution in [0.25, 0.3) is 0 Å². The van der Waals surface area contributed by atoms with Crippen LogP contribution in [-0.4, -0.2) is 45.4 Å². The van der Waals surface area contributed by atoms with E-state index in [1.807, 2.05) is 0 Å². The molecule has 1 atom stereocenters. The highest BCUT2D eigenvalue weighted by molar-refractivity contribution is 7.91. The summed E-state index contributed by atoms with van der Waals surface area (Å²) in [5.41, 5.74) is 5.31. The van der Waals surface area contributed by atoms with Gasteiger partial charge < -0.3 is 10.5 Å². The molecule has 0 radical (unpaired) electrons. The molecule has 2 N–H and O–H groups in total. The van der Waals surface area contributed by atoms with Crippen LogP contribution in [0.1, 0.15) is 13.3 Å². The molecular formula is C8H16F3NO3S. The normalized spacial score (nSPS) is 15.1. The van der Waals surface area contributed by atoms with Crippen molar-refractivity contribution in [2.75, 3.05) is 24.7 Å². The van der Waals surface area contributed by atoms with Gasteiger partial charge in [0, 0.05) is 12.6 Å². The minimum atomic E-state index is -4.37. The van der Waals surface area contributed by atoms with Crippen LogP contribution in [0.5, 0.6) is 0 Å². The first kappa shape index (κ1) is 15.7. The highest BCUT2D eigenvalue weighted by atomic mass is 32.2. The summed E-state index contributed by atoms with van der Waals surface area (Å²) in [6.07, 6.45) is -4.32. The molecule has 0 aliphatic heterocycles. The molecule has 4 nitrogen and oxygen atoms in total. The number of alkyl halides is 3. The van der Waals surface area contributed by atoms with Crippen molar-refractivity contribution in [1.82, 2.24) is 0 Å². The number of ether oxygens (including phenoxy) is 1. The first-order chi connectivity index (χ1) is 7.12. The Morgan fingerprint density at radius 1 is 1.38 bits per heavy atom. The van der Waals surface area contributed by atoms with Crippen molar-refractivity contribution in [3.8, 4) is 0 Å². The van der Waals surface area contributed by atoms with E-state index >= 15 is 0 Å². The van der Waals surface area contributed by atoms with Crippen molar-refractivity contribution in [2.24, 2.45) is 5.73 Å². The fourth-order valence-electron chi connectivity index (χ4n) is 1.05. The zero-order chi connectivity index (χ0) is 12.8. The fourth-order valence-corrected chi connectivity index (χ4v) is 2.58. The van der Waals surface area contributed by atoms with E-state index in [9.17, 15) is 21.6 Å². The highest BCUT2D eigenvalue weighted by Crippen LogP contribution is 2.14. The van der Waals surface area contributed by atoms with Crippen molar-refractivity contribution in [3.05, 3.63) is 0 Å². The van der Waals surface area contributed by atoms with Gasteiger partial charge in [-0.25, -0.2) is 8.42 Å². The first-order valence-corrected chi connectivity index (χ1v) is 6.55. The number of hydrogen-bond donors (Lipinski definition) is 1. The van der Waals surface area contributed by atoms with Crippen LogP contribution in [0.15, 0.2) is 0 Å². The van der Waals surface area contributed by atoms with Gasteiger partial charge in [0.05, 0.1) is 11.5 Å². The first-order valence-electron chi connectivity index (χ1n) is 4.73. The maximum atomic E-state index is 11.6. The molecule has 1 unspecified atom stereocenters. The van der Waals surface area contributed by atoms with Gasteiger partial charge >= 0.3 is 6.18 Å². The number of halogens is 3. The van der Waals surface area contributed by atoms with E-state index in [0.717, 1.165) is 0 Å². The maximum absolute atomic E-state index is 11.6. The lowest BCUT2D eigenvalue weighted by molar-refractivity contribution is -0.173. The van der Waals surface area contributed by atoms with Crippen LogP contribution in [0, 0.1) is 0 Å². The average molecular weight is 263 g/mol. The Morgan fingerprint density at radius 3 is 2.38 bits per heavy atom. The summed E-state index contributed by atoms with van der Waals surface area (Å²) in [4.78, 5) is 0. The zero-order valence-electron chi connectivity index (χ0n) is 8.96. The Balaban J connectivity index is 3.67. The number of rotatable bonds is 7. The van der Waals surface area contributed by atoms with Crippen molar-refractivity contribution in [2.45, 2.75) is 25.6 Å². The summed E-state index contributed by atoms with van der Waals surface area (Å²) in [6, 6.07) is -0.471. The van der Waals surface area contributed by atoms with Gasteiger partial charge in [0.25, 0.3) is 0 Å². The van der Waals surface area contributed by atoms with Crippen molar-refractivity contribution < 1.29 is 26.3 Å². The van der Waals surface area contributed by atoms with Crippen molar-refractivity contribution in [3.63, 3.8) is 0 Å². The smallest absolute Gasteiger partial charge is 0.372 e. The lowest BCUT2D eigenvalue weighted by Gasteiger charge is -2.08. The van der Waals surface area contributed by atoms with E-state index in [-0.39, 0.29) is 24.5 Å². The predicted molar refractivity (Wildman–Crippen MR) is 53.8 cm³/mol. The van der Waals surface area contributed by atoms with E-state index < -0.39 is 28.7 Å². The molecule has 0 aromatic rings. The molecule has 0 amide bonds. The van der Waals surface area contributed by atoms with Crippen LogP contribution >= 0.6 is 0 Å². The molecule has 0 aliphatic carbocycles. The summed E-state index contributed by atoms with van der Waals surface area (Å²) in [7, 11) is -3.28. The number of nitrogens with two attached hydrogens (primary N) is 1. The standard InChI is InChI=1S/C8H16F3NO3S/c1-7(12)5-16(13,14)4-2-3-15-6-8(9,10)11/h7H,2-6,12H2,1H3. The van der Waals surface area contributed by atoms with Gasteiger partial charge in [-0.1, -0.05) is 0 Å². The lowest BCUT2D eigenvalue weighted by atomic mass is 10.4. The van der Waals surface area contributed by atoms with Crippen molar-refractivity contribution >= 4 is 9.84 Å². The van der Waals surface area contributed by atoms with E-state index in [1.165, 1.54) is 0 Å². The van der Waals surface area contributed by atoms with E-state index in [2.05, 4.69) is 4.74 Å². The minimum absolute atomic E-state index is 0.0468. The van der Waals surface area contributed by atoms with Gasteiger partial charge in [-0.05, 0) is 13.3 Å². The van der Waals surface area contributed by atoms with Gasteiger partial charge in [0.15, 0.2) is 9.84 Å². The molecule has 0 aromatic heterocycles. The second-order valence-electron chi connectivity index (χ2n) is 3.61. The minimum Gasteiger partial charge on any atom is -0.372 e. The largest absolute Gasteiger partial charge is 0.411 e. The molecule has 0 bridgehead atoms. The molecule has 0 aromatic carbocycles. The molecule has 98 valence electrons. The van der Waals surface area contributed by atoms with Crippen LogP contribution in [0.4, 0.5) is 13.2 Å². The van der Waals surface area contributed by atoms with Gasteiger partial charge in [0.1, 0.15) is 6.61 Å². The van der Waals surface area contributed by atoms with Crippen LogP contribution in [0.2, 0.25) is 0 Å². The topological polar surface area (TPSA) is 69.4 Å². The maximum Gasteiger partial charge on any atom is 0.411 e. The summed E-state index contributed by atoms with van der Waals surface area (Å²) < 4.78 is 61.7. The van der Waals surface area contributed by atoms with Crippen LogP contribution in [-0.2, 0) is 14.6 Å². The van der Waals surface area contributed by atoms with E-state index in [4.69, 9.17) is 5.73 Å². The van der Waals surface area contributed by atoms with Gasteiger partial charge in [-0.2, -0.15) is 13.2 Å². The third-order valence-electron chi connectivity index (χ3n) is 1.53. The molecule has 0 saturated heterocycles. The Kier molecular flexibility index (Phi) is 6.27. The molecule has 16 heavy (non-hydrogen) atoms. The number of hydrogen-bond acceptors (Lipinski definition) is 4. The molecule has 8 heteroatoms. The fraction of sp³-hybridized carbons (Fsp3) is 1.00. The lowest BCUT2D eigenvalue weighted by Crippen LogP contribution is -2.28. The second kappa shape index (κ2) is 6.41. The quantitative estimate of drug-likeness (QED) is 0.687. The monoisotopic (exact) mass is 263 g/mol. The molecule has 0 rings (SSSR count). The van der Waals surface area contributed by atoms with Crippen molar-refractivity contribution in [1.29, 1.82) is 0 Å². The summed E-state index contributed by atoms with van der Waals surface area (Å²) in [5.74, 6) is -0.362. The van der Waals surface area contributed by atoms with Crippen LogP contribution < -0.4 is 5.73 Å². The zero-order valence-corrected chi connectivity index (χ0v) is 9.77. The Hall–Kier alpha value is -0.340.